The zero-order valence-corrected chi connectivity index (χ0v) is 10.7. The van der Waals surface area contributed by atoms with E-state index in [1.807, 2.05) is 0 Å². The molecule has 1 aromatic carbocycles. The third kappa shape index (κ3) is 5.19. The molecule has 100 valence electrons. The maximum absolute atomic E-state index is 11.0. The summed E-state index contributed by atoms with van der Waals surface area (Å²) in [7, 11) is 0. The van der Waals surface area contributed by atoms with Gasteiger partial charge in [-0.05, 0) is 37.1 Å². The number of aliphatic carboxylic acids is 1. The van der Waals surface area contributed by atoms with Gasteiger partial charge in [0.25, 0.3) is 0 Å². The van der Waals surface area contributed by atoms with Crippen LogP contribution < -0.4 is 10.4 Å². The molecule has 0 aliphatic rings. The number of phenolic OH excluding ortho intramolecular Hbond substituents is 1. The van der Waals surface area contributed by atoms with Gasteiger partial charge >= 0.3 is 1.43 Å². The first-order chi connectivity index (χ1) is 8.63. The van der Waals surface area contributed by atoms with Crippen molar-refractivity contribution < 1.29 is 16.4 Å². The summed E-state index contributed by atoms with van der Waals surface area (Å²) in [6.45, 7) is 2.79. The van der Waals surface area contributed by atoms with Crippen molar-refractivity contribution in [3.05, 3.63) is 29.8 Å². The van der Waals surface area contributed by atoms with Crippen LogP contribution in [0.3, 0.4) is 0 Å². The van der Waals surface area contributed by atoms with Crippen LogP contribution in [0.2, 0.25) is 0 Å². The summed E-state index contributed by atoms with van der Waals surface area (Å²) in [6, 6.07) is 5.88. The van der Waals surface area contributed by atoms with Crippen molar-refractivity contribution >= 4 is 5.97 Å². The topological polar surface area (TPSA) is 72.4 Å². The van der Waals surface area contributed by atoms with Gasteiger partial charge in [-0.3, -0.25) is 0 Å². The number of unbranched alkanes of at least 4 members (excludes halogenated alkanes) is 2. The Morgan fingerprint density at radius 2 is 2.06 bits per heavy atom. The number of carbonyl (C=O) groups excluding carboxylic acids is 1. The van der Waals surface area contributed by atoms with E-state index in [9.17, 15) is 9.90 Å². The Morgan fingerprint density at radius 1 is 1.39 bits per heavy atom. The molecule has 0 saturated carbocycles. The molecule has 18 heavy (non-hydrogen) atoms. The number of carboxylic acid groups (broad SMARTS) is 1. The fourth-order valence-corrected chi connectivity index (χ4v) is 1.76. The smallest absolute Gasteiger partial charge is 0.548 e. The van der Waals surface area contributed by atoms with Gasteiger partial charge in [0.15, 0.2) is 0 Å². The number of hydrogen-bond donors (Lipinski definition) is 2. The molecule has 0 amide bonds. The highest BCUT2D eigenvalue weighted by atomic mass is 16.4. The monoisotopic (exact) mass is 251 g/mol. The molecule has 0 radical (unpaired) electrons. The third-order valence-electron chi connectivity index (χ3n) is 2.83. The van der Waals surface area contributed by atoms with Gasteiger partial charge in [-0.25, -0.2) is 0 Å². The van der Waals surface area contributed by atoms with Crippen LogP contribution in [0, 0.1) is 0 Å². The van der Waals surface area contributed by atoms with Gasteiger partial charge in [0.2, 0.25) is 0 Å². The molecule has 0 saturated heterocycles. The number of carbonyl (C=O) groups is 1. The number of nitrogens with one attached hydrogen (secondary N) is 1. The molecule has 4 heteroatoms. The van der Waals surface area contributed by atoms with E-state index in [-0.39, 0.29) is 7.18 Å². The Kier molecular flexibility index (Phi) is 6.22. The second kappa shape index (κ2) is 7.71. The van der Waals surface area contributed by atoms with E-state index < -0.39 is 12.0 Å². The molecular formula is C14H21NO3. The maximum Gasteiger partial charge on any atom is 1.00 e. The first-order valence-corrected chi connectivity index (χ1v) is 6.35. The quantitative estimate of drug-likeness (QED) is 0.675. The SMILES string of the molecule is CCCCCNC(Cc1ccc(O)cc1)C(=O)[O-].[H+]. The molecule has 4 nitrogen and oxygen atoms in total. The summed E-state index contributed by atoms with van der Waals surface area (Å²) in [5.41, 5.74) is 0.866. The second-order valence-corrected chi connectivity index (χ2v) is 4.40. The van der Waals surface area contributed by atoms with Gasteiger partial charge in [0, 0.05) is 0 Å². The zero-order chi connectivity index (χ0) is 13.4. The molecule has 0 fully saturated rings. The molecule has 1 aromatic rings. The van der Waals surface area contributed by atoms with Crippen LogP contribution in [0.5, 0.6) is 5.75 Å². The Bertz CT molecular complexity index is 367. The minimum absolute atomic E-state index is 0. The van der Waals surface area contributed by atoms with Gasteiger partial charge < -0.3 is 20.3 Å². The molecule has 0 aliphatic carbocycles. The zero-order valence-electron chi connectivity index (χ0n) is 11.7. The number of carboxylic acids is 1. The van der Waals surface area contributed by atoms with E-state index in [1.165, 1.54) is 0 Å². The second-order valence-electron chi connectivity index (χ2n) is 4.40. The normalized spacial score (nSPS) is 12.3. The van der Waals surface area contributed by atoms with Crippen molar-refractivity contribution in [3.8, 4) is 5.75 Å². The van der Waals surface area contributed by atoms with E-state index in [1.54, 1.807) is 24.3 Å². The molecule has 0 aliphatic heterocycles. The third-order valence-corrected chi connectivity index (χ3v) is 2.83. The summed E-state index contributed by atoms with van der Waals surface area (Å²) in [5, 5.41) is 23.2. The van der Waals surface area contributed by atoms with Crippen molar-refractivity contribution in [3.63, 3.8) is 0 Å². The number of aromatic hydroxyl groups is 1. The molecule has 1 rings (SSSR count). The number of hydrogen-bond acceptors (Lipinski definition) is 4. The minimum atomic E-state index is -1.08. The lowest BCUT2D eigenvalue weighted by Crippen LogP contribution is -2.47. The van der Waals surface area contributed by atoms with Crippen LogP contribution in [0.4, 0.5) is 0 Å². The first kappa shape index (κ1) is 14.5. The molecular weight excluding hydrogens is 230 g/mol. The summed E-state index contributed by atoms with van der Waals surface area (Å²) in [5.74, 6) is -0.903. The van der Waals surface area contributed by atoms with E-state index in [2.05, 4.69) is 12.2 Å². The summed E-state index contributed by atoms with van der Waals surface area (Å²) >= 11 is 0. The number of benzene rings is 1. The van der Waals surface area contributed by atoms with Crippen molar-refractivity contribution in [1.29, 1.82) is 0 Å². The Morgan fingerprint density at radius 3 is 2.61 bits per heavy atom. The molecule has 0 heterocycles. The Balaban J connectivity index is 0.00000324. The van der Waals surface area contributed by atoms with Crippen molar-refractivity contribution in [2.24, 2.45) is 0 Å². The number of phenols is 1. The van der Waals surface area contributed by atoms with Crippen LogP contribution in [-0.4, -0.2) is 23.7 Å². The minimum Gasteiger partial charge on any atom is -0.548 e. The fourth-order valence-electron chi connectivity index (χ4n) is 1.76. The van der Waals surface area contributed by atoms with Crippen molar-refractivity contribution in [2.45, 2.75) is 38.6 Å². The maximum atomic E-state index is 11.0. The van der Waals surface area contributed by atoms with Gasteiger partial charge in [-0.1, -0.05) is 31.9 Å². The molecule has 1 atom stereocenters. The van der Waals surface area contributed by atoms with Crippen LogP contribution in [0.25, 0.3) is 0 Å². The van der Waals surface area contributed by atoms with Crippen LogP contribution in [0.1, 0.15) is 33.2 Å². The summed E-state index contributed by atoms with van der Waals surface area (Å²) in [6.07, 6.45) is 3.53. The standard InChI is InChI=1S/C14H21NO3/c1-2-3-4-9-15-13(14(17)18)10-11-5-7-12(16)8-6-11/h5-8,13,15-16H,2-4,9-10H2,1H3,(H,17,18). The highest BCUT2D eigenvalue weighted by Gasteiger charge is 2.09. The molecule has 0 aromatic heterocycles. The predicted octanol–water partition coefficient (Wildman–Crippen LogP) is 0.945. The van der Waals surface area contributed by atoms with Crippen LogP contribution in [0.15, 0.2) is 24.3 Å². The lowest BCUT2D eigenvalue weighted by molar-refractivity contribution is -0.308. The lowest BCUT2D eigenvalue weighted by atomic mass is 10.1. The fraction of sp³-hybridized carbons (Fsp3) is 0.500. The van der Waals surface area contributed by atoms with E-state index in [4.69, 9.17) is 5.11 Å². The van der Waals surface area contributed by atoms with E-state index in [0.717, 1.165) is 24.8 Å². The van der Waals surface area contributed by atoms with E-state index in [0.29, 0.717) is 13.0 Å². The van der Waals surface area contributed by atoms with Crippen molar-refractivity contribution in [2.75, 3.05) is 6.54 Å². The summed E-state index contributed by atoms with van der Waals surface area (Å²) < 4.78 is 0. The highest BCUT2D eigenvalue weighted by Crippen LogP contribution is 2.11. The lowest BCUT2D eigenvalue weighted by Gasteiger charge is -2.19. The molecule has 1 unspecified atom stereocenters. The molecule has 0 spiro atoms. The highest BCUT2D eigenvalue weighted by molar-refractivity contribution is 5.71. The number of rotatable bonds is 8. The summed E-state index contributed by atoms with van der Waals surface area (Å²) in [4.78, 5) is 11.0. The van der Waals surface area contributed by atoms with Gasteiger partial charge in [0.05, 0.1) is 12.0 Å². The van der Waals surface area contributed by atoms with Gasteiger partial charge in [-0.2, -0.15) is 0 Å². The first-order valence-electron chi connectivity index (χ1n) is 6.35. The van der Waals surface area contributed by atoms with Crippen LogP contribution >= 0.6 is 0 Å². The predicted molar refractivity (Wildman–Crippen MR) is 69.2 cm³/mol. The Hall–Kier alpha value is -1.55. The van der Waals surface area contributed by atoms with Gasteiger partial charge in [-0.15, -0.1) is 0 Å². The van der Waals surface area contributed by atoms with E-state index >= 15 is 0 Å². The molecule has 0 bridgehead atoms. The van der Waals surface area contributed by atoms with Crippen molar-refractivity contribution in [1.82, 2.24) is 5.32 Å². The average Bonchev–Trinajstić information content (AvgIpc) is 2.35. The van der Waals surface area contributed by atoms with Crippen LogP contribution in [-0.2, 0) is 11.2 Å². The molecule has 2 N–H and O–H groups in total. The average molecular weight is 251 g/mol. The Labute approximate surface area is 109 Å². The van der Waals surface area contributed by atoms with Gasteiger partial charge in [0.1, 0.15) is 5.75 Å². The largest absolute Gasteiger partial charge is 1.00 e.